The fraction of sp³-hybridized carbons (Fsp3) is 0.400. The summed E-state index contributed by atoms with van der Waals surface area (Å²) in [4.78, 5) is 5.88. The third kappa shape index (κ3) is 4.64. The first-order chi connectivity index (χ1) is 9.17. The number of likely N-dealkylation sites (N-methyl/N-ethyl adjacent to an activating group) is 1. The maximum Gasteiger partial charge on any atom is 0.0897 e. The predicted octanol–water partition coefficient (Wildman–Crippen LogP) is 3.68. The SMILES string of the molecule is CNC(CSc1cccc(C)c1)Cc1csc(C)n1. The Balaban J connectivity index is 1.89. The van der Waals surface area contributed by atoms with E-state index in [4.69, 9.17) is 0 Å². The molecule has 2 nitrogen and oxygen atoms in total. The third-order valence-electron chi connectivity index (χ3n) is 2.97. The highest BCUT2D eigenvalue weighted by molar-refractivity contribution is 7.99. The van der Waals surface area contributed by atoms with Gasteiger partial charge in [0.1, 0.15) is 0 Å². The van der Waals surface area contributed by atoms with E-state index in [1.807, 2.05) is 18.8 Å². The van der Waals surface area contributed by atoms with Gasteiger partial charge in [0.25, 0.3) is 0 Å². The van der Waals surface area contributed by atoms with Crippen molar-refractivity contribution in [1.29, 1.82) is 0 Å². The van der Waals surface area contributed by atoms with Gasteiger partial charge in [0.2, 0.25) is 0 Å². The van der Waals surface area contributed by atoms with Crippen LogP contribution in [0.15, 0.2) is 34.5 Å². The van der Waals surface area contributed by atoms with Gasteiger partial charge in [0, 0.05) is 28.5 Å². The van der Waals surface area contributed by atoms with Gasteiger partial charge < -0.3 is 5.32 Å². The Kier molecular flexibility index (Phi) is 5.43. The van der Waals surface area contributed by atoms with Crippen molar-refractivity contribution in [3.8, 4) is 0 Å². The lowest BCUT2D eigenvalue weighted by atomic mass is 10.2. The number of thiazole rings is 1. The first-order valence-corrected chi connectivity index (χ1v) is 8.31. The molecule has 0 fully saturated rings. The second-order valence-corrected chi connectivity index (χ2v) is 6.83. The monoisotopic (exact) mass is 292 g/mol. The standard InChI is InChI=1S/C15H20N2S2/c1-11-5-4-6-15(7-11)19-9-13(16-3)8-14-10-18-12(2)17-14/h4-7,10,13,16H,8-9H2,1-3H3. The summed E-state index contributed by atoms with van der Waals surface area (Å²) >= 11 is 3.63. The van der Waals surface area contributed by atoms with Crippen LogP contribution >= 0.6 is 23.1 Å². The maximum atomic E-state index is 4.54. The van der Waals surface area contributed by atoms with Gasteiger partial charge in [-0.1, -0.05) is 17.7 Å². The van der Waals surface area contributed by atoms with Crippen molar-refractivity contribution in [1.82, 2.24) is 10.3 Å². The Bertz CT molecular complexity index is 522. The van der Waals surface area contributed by atoms with Crippen molar-refractivity contribution >= 4 is 23.1 Å². The number of benzene rings is 1. The molecule has 0 bridgehead atoms. The molecule has 4 heteroatoms. The summed E-state index contributed by atoms with van der Waals surface area (Å²) in [6.07, 6.45) is 1.000. The van der Waals surface area contributed by atoms with Gasteiger partial charge in [-0.25, -0.2) is 4.98 Å². The fourth-order valence-corrected chi connectivity index (χ4v) is 3.65. The van der Waals surface area contributed by atoms with Gasteiger partial charge in [0.05, 0.1) is 10.7 Å². The first-order valence-electron chi connectivity index (χ1n) is 6.45. The van der Waals surface area contributed by atoms with Gasteiger partial charge in [-0.2, -0.15) is 0 Å². The van der Waals surface area contributed by atoms with Crippen LogP contribution in [0, 0.1) is 13.8 Å². The highest BCUT2D eigenvalue weighted by Crippen LogP contribution is 2.21. The first kappa shape index (κ1) is 14.6. The van der Waals surface area contributed by atoms with Gasteiger partial charge in [-0.05, 0) is 33.0 Å². The molecule has 1 N–H and O–H groups in total. The fourth-order valence-electron chi connectivity index (χ4n) is 1.90. The van der Waals surface area contributed by atoms with E-state index in [-0.39, 0.29) is 0 Å². The molecule has 19 heavy (non-hydrogen) atoms. The van der Waals surface area contributed by atoms with Crippen LogP contribution in [-0.2, 0) is 6.42 Å². The zero-order valence-electron chi connectivity index (χ0n) is 11.6. The summed E-state index contributed by atoms with van der Waals surface area (Å²) in [5.41, 5.74) is 2.52. The van der Waals surface area contributed by atoms with Gasteiger partial charge >= 0.3 is 0 Å². The molecule has 0 aliphatic rings. The number of nitrogens with zero attached hydrogens (tertiary/aromatic N) is 1. The molecule has 1 unspecified atom stereocenters. The lowest BCUT2D eigenvalue weighted by Gasteiger charge is -2.14. The molecule has 1 aromatic carbocycles. The van der Waals surface area contributed by atoms with Crippen LogP contribution in [0.4, 0.5) is 0 Å². The lowest BCUT2D eigenvalue weighted by molar-refractivity contribution is 0.610. The average molecular weight is 292 g/mol. The van der Waals surface area contributed by atoms with Crippen LogP contribution in [0.1, 0.15) is 16.3 Å². The molecule has 0 saturated carbocycles. The van der Waals surface area contributed by atoms with Crippen molar-refractivity contribution in [2.24, 2.45) is 0 Å². The minimum Gasteiger partial charge on any atom is -0.316 e. The molecule has 0 aliphatic heterocycles. The highest BCUT2D eigenvalue weighted by Gasteiger charge is 2.10. The Labute approximate surface area is 123 Å². The van der Waals surface area contributed by atoms with Crippen LogP contribution in [0.25, 0.3) is 0 Å². The molecule has 0 radical (unpaired) electrons. The van der Waals surface area contributed by atoms with Crippen molar-refractivity contribution < 1.29 is 0 Å². The molecule has 102 valence electrons. The topological polar surface area (TPSA) is 24.9 Å². The van der Waals surface area contributed by atoms with Crippen LogP contribution in [0.3, 0.4) is 0 Å². The van der Waals surface area contributed by atoms with Crippen molar-refractivity contribution in [3.05, 3.63) is 45.9 Å². The molecule has 1 aromatic heterocycles. The Hall–Kier alpha value is -0.840. The number of hydrogen-bond donors (Lipinski definition) is 1. The lowest BCUT2D eigenvalue weighted by Crippen LogP contribution is -2.30. The number of rotatable bonds is 6. The smallest absolute Gasteiger partial charge is 0.0897 e. The summed E-state index contributed by atoms with van der Waals surface area (Å²) in [6.45, 7) is 4.20. The minimum absolute atomic E-state index is 0.465. The van der Waals surface area contributed by atoms with Crippen LogP contribution in [0.5, 0.6) is 0 Å². The quantitative estimate of drug-likeness (QED) is 0.822. The predicted molar refractivity (Wildman–Crippen MR) is 85.3 cm³/mol. The molecule has 0 amide bonds. The summed E-state index contributed by atoms with van der Waals surface area (Å²) in [6, 6.07) is 9.14. The molecular weight excluding hydrogens is 272 g/mol. The van der Waals surface area contributed by atoms with E-state index in [2.05, 4.69) is 53.8 Å². The third-order valence-corrected chi connectivity index (χ3v) is 4.95. The van der Waals surface area contributed by atoms with Crippen molar-refractivity contribution in [2.45, 2.75) is 31.2 Å². The van der Waals surface area contributed by atoms with E-state index >= 15 is 0 Å². The molecule has 2 aromatic rings. The average Bonchev–Trinajstić information content (AvgIpc) is 2.80. The zero-order chi connectivity index (χ0) is 13.7. The Morgan fingerprint density at radius 2 is 2.21 bits per heavy atom. The Morgan fingerprint density at radius 1 is 1.37 bits per heavy atom. The van der Waals surface area contributed by atoms with Crippen LogP contribution < -0.4 is 5.32 Å². The van der Waals surface area contributed by atoms with Crippen LogP contribution in [-0.4, -0.2) is 23.8 Å². The molecule has 2 rings (SSSR count). The van der Waals surface area contributed by atoms with E-state index < -0.39 is 0 Å². The van der Waals surface area contributed by atoms with E-state index in [1.54, 1.807) is 11.3 Å². The minimum atomic E-state index is 0.465. The van der Waals surface area contributed by atoms with Gasteiger partial charge in [-0.3, -0.25) is 0 Å². The molecular formula is C15H20N2S2. The summed E-state index contributed by atoms with van der Waals surface area (Å²) in [5.74, 6) is 1.07. The van der Waals surface area contributed by atoms with Gasteiger partial charge in [0.15, 0.2) is 0 Å². The number of aromatic nitrogens is 1. The number of nitrogens with one attached hydrogen (secondary N) is 1. The largest absolute Gasteiger partial charge is 0.316 e. The second-order valence-electron chi connectivity index (χ2n) is 4.68. The summed E-state index contributed by atoms with van der Waals surface area (Å²) in [7, 11) is 2.03. The van der Waals surface area contributed by atoms with Crippen molar-refractivity contribution in [3.63, 3.8) is 0 Å². The van der Waals surface area contributed by atoms with Gasteiger partial charge in [-0.15, -0.1) is 23.1 Å². The van der Waals surface area contributed by atoms with E-state index in [1.165, 1.54) is 16.2 Å². The van der Waals surface area contributed by atoms with E-state index in [9.17, 15) is 0 Å². The number of thioether (sulfide) groups is 1. The van der Waals surface area contributed by atoms with Crippen molar-refractivity contribution in [2.75, 3.05) is 12.8 Å². The van der Waals surface area contributed by atoms with E-state index in [0.29, 0.717) is 6.04 Å². The molecule has 1 heterocycles. The zero-order valence-corrected chi connectivity index (χ0v) is 13.3. The van der Waals surface area contributed by atoms with E-state index in [0.717, 1.165) is 17.2 Å². The molecule has 1 atom stereocenters. The molecule has 0 saturated heterocycles. The Morgan fingerprint density at radius 3 is 2.84 bits per heavy atom. The maximum absolute atomic E-state index is 4.54. The van der Waals surface area contributed by atoms with Crippen LogP contribution in [0.2, 0.25) is 0 Å². The normalized spacial score (nSPS) is 12.6. The molecule has 0 aliphatic carbocycles. The summed E-state index contributed by atoms with van der Waals surface area (Å²) in [5, 5.41) is 6.70. The number of hydrogen-bond acceptors (Lipinski definition) is 4. The molecule has 0 spiro atoms. The second kappa shape index (κ2) is 7.08. The summed E-state index contributed by atoms with van der Waals surface area (Å²) < 4.78 is 0. The highest BCUT2D eigenvalue weighted by atomic mass is 32.2. The number of aryl methyl sites for hydroxylation is 2.